The monoisotopic (exact) mass is 438 g/mol. The molecule has 0 aliphatic heterocycles. The summed E-state index contributed by atoms with van der Waals surface area (Å²) >= 11 is 0. The van der Waals surface area contributed by atoms with Crippen molar-refractivity contribution in [1.29, 1.82) is 10.5 Å². The van der Waals surface area contributed by atoms with E-state index >= 15 is 0 Å². The van der Waals surface area contributed by atoms with Crippen LogP contribution in [0.15, 0.2) is 60.7 Å². The zero-order valence-electron chi connectivity index (χ0n) is 18.8. The van der Waals surface area contributed by atoms with Crippen LogP contribution in [0.1, 0.15) is 22.3 Å². The molecule has 0 N–H and O–H groups in total. The number of nitrogens with zero attached hydrogens (tertiary/aromatic N) is 2. The number of fused-ring (bicyclic) bond motifs is 1. The van der Waals surface area contributed by atoms with E-state index in [1.807, 2.05) is 36.4 Å². The van der Waals surface area contributed by atoms with Gasteiger partial charge in [0.15, 0.2) is 23.0 Å². The van der Waals surface area contributed by atoms with E-state index in [2.05, 4.69) is 12.1 Å². The summed E-state index contributed by atoms with van der Waals surface area (Å²) in [6, 6.07) is 23.3. The van der Waals surface area contributed by atoms with Crippen molar-refractivity contribution in [3.63, 3.8) is 0 Å². The van der Waals surface area contributed by atoms with E-state index in [4.69, 9.17) is 18.9 Å². The Morgan fingerprint density at radius 1 is 0.697 bits per heavy atom. The maximum Gasteiger partial charge on any atom is 0.161 e. The van der Waals surface area contributed by atoms with Gasteiger partial charge in [-0.3, -0.25) is 0 Å². The van der Waals surface area contributed by atoms with Crippen molar-refractivity contribution in [3.05, 3.63) is 82.9 Å². The molecule has 6 nitrogen and oxygen atoms in total. The van der Waals surface area contributed by atoms with Crippen LogP contribution in [-0.2, 0) is 5.41 Å². The zero-order chi connectivity index (χ0) is 23.6. The van der Waals surface area contributed by atoms with Crippen LogP contribution in [0.25, 0.3) is 11.1 Å². The summed E-state index contributed by atoms with van der Waals surface area (Å²) < 4.78 is 22.0. The van der Waals surface area contributed by atoms with Crippen molar-refractivity contribution in [2.45, 2.75) is 5.41 Å². The van der Waals surface area contributed by atoms with Crippen LogP contribution < -0.4 is 18.9 Å². The van der Waals surface area contributed by atoms with Crippen LogP contribution in [-0.4, -0.2) is 28.4 Å². The van der Waals surface area contributed by atoms with E-state index in [1.165, 1.54) is 0 Å². The lowest BCUT2D eigenvalue weighted by molar-refractivity contribution is 0.353. The van der Waals surface area contributed by atoms with Crippen LogP contribution >= 0.6 is 0 Å². The standard InChI is InChI=1S/C27H22N2O4/c1-30-22-11-10-18(12-23(22)31-2)27(16-29)21-14-25(33-4)24(32-3)13-19(21)20(15-28)26(27)17-8-6-5-7-9-17/h5-14H,1-4H3. The number of methoxy groups -OCH3 is 4. The van der Waals surface area contributed by atoms with Gasteiger partial charge in [0.05, 0.1) is 40.1 Å². The summed E-state index contributed by atoms with van der Waals surface area (Å²) in [5.74, 6) is 2.00. The predicted octanol–water partition coefficient (Wildman–Crippen LogP) is 4.98. The summed E-state index contributed by atoms with van der Waals surface area (Å²) in [5.41, 5.74) is 2.43. The molecule has 0 saturated carbocycles. The lowest BCUT2D eigenvalue weighted by atomic mass is 9.70. The van der Waals surface area contributed by atoms with Gasteiger partial charge in [0.1, 0.15) is 11.5 Å². The van der Waals surface area contributed by atoms with Gasteiger partial charge in [-0.1, -0.05) is 36.4 Å². The second kappa shape index (κ2) is 8.61. The normalized spacial score (nSPS) is 16.4. The van der Waals surface area contributed by atoms with Gasteiger partial charge < -0.3 is 18.9 Å². The van der Waals surface area contributed by atoms with Gasteiger partial charge in [-0.25, -0.2) is 0 Å². The van der Waals surface area contributed by atoms with Crippen molar-refractivity contribution in [1.82, 2.24) is 0 Å². The first-order valence-electron chi connectivity index (χ1n) is 10.2. The molecule has 0 amide bonds. The molecule has 1 aliphatic rings. The minimum atomic E-state index is -1.29. The van der Waals surface area contributed by atoms with Crippen molar-refractivity contribution in [2.24, 2.45) is 0 Å². The Labute approximate surface area is 192 Å². The van der Waals surface area contributed by atoms with E-state index in [1.54, 1.807) is 52.7 Å². The third-order valence-electron chi connectivity index (χ3n) is 5.98. The molecule has 0 spiro atoms. The Hall–Kier alpha value is -4.42. The van der Waals surface area contributed by atoms with Crippen LogP contribution in [0.4, 0.5) is 0 Å². The fourth-order valence-electron chi connectivity index (χ4n) is 4.48. The Bertz CT molecular complexity index is 1330. The number of ether oxygens (including phenoxy) is 4. The summed E-state index contributed by atoms with van der Waals surface area (Å²) in [4.78, 5) is 0. The maximum atomic E-state index is 10.8. The van der Waals surface area contributed by atoms with Gasteiger partial charge in [0.25, 0.3) is 0 Å². The lowest BCUT2D eigenvalue weighted by Crippen LogP contribution is -2.26. The fourth-order valence-corrected chi connectivity index (χ4v) is 4.48. The van der Waals surface area contributed by atoms with Crippen LogP contribution in [0, 0.1) is 22.7 Å². The molecule has 6 heteroatoms. The SMILES string of the molecule is COc1ccc(C2(C#N)C(c3ccccc3)=C(C#N)c3cc(OC)c(OC)cc32)cc1OC. The summed E-state index contributed by atoms with van der Waals surface area (Å²) in [5, 5.41) is 21.1. The molecule has 0 radical (unpaired) electrons. The molecule has 0 bridgehead atoms. The summed E-state index contributed by atoms with van der Waals surface area (Å²) in [6.07, 6.45) is 0. The van der Waals surface area contributed by atoms with E-state index < -0.39 is 5.41 Å². The van der Waals surface area contributed by atoms with Crippen molar-refractivity contribution < 1.29 is 18.9 Å². The first kappa shape index (κ1) is 21.8. The van der Waals surface area contributed by atoms with Crippen molar-refractivity contribution >= 4 is 11.1 Å². The molecule has 3 aromatic carbocycles. The highest BCUT2D eigenvalue weighted by Gasteiger charge is 2.49. The second-order valence-corrected chi connectivity index (χ2v) is 7.41. The zero-order valence-corrected chi connectivity index (χ0v) is 18.8. The molecular weight excluding hydrogens is 416 g/mol. The molecule has 4 rings (SSSR count). The average Bonchev–Trinajstić information content (AvgIpc) is 3.17. The Morgan fingerprint density at radius 2 is 1.30 bits per heavy atom. The number of hydrogen-bond donors (Lipinski definition) is 0. The quantitative estimate of drug-likeness (QED) is 0.540. The smallest absolute Gasteiger partial charge is 0.161 e. The number of nitriles is 2. The number of benzene rings is 3. The van der Waals surface area contributed by atoms with Gasteiger partial charge in [-0.05, 0) is 41.0 Å². The molecule has 1 aliphatic carbocycles. The van der Waals surface area contributed by atoms with Crippen molar-refractivity contribution in [3.8, 4) is 35.1 Å². The lowest BCUT2D eigenvalue weighted by Gasteiger charge is -2.28. The van der Waals surface area contributed by atoms with Crippen LogP contribution in [0.5, 0.6) is 23.0 Å². The predicted molar refractivity (Wildman–Crippen MR) is 124 cm³/mol. The van der Waals surface area contributed by atoms with Gasteiger partial charge in [0, 0.05) is 11.1 Å². The maximum absolute atomic E-state index is 10.8. The molecular formula is C27H22N2O4. The van der Waals surface area contributed by atoms with Crippen LogP contribution in [0.3, 0.4) is 0 Å². The highest BCUT2D eigenvalue weighted by molar-refractivity contribution is 6.10. The van der Waals surface area contributed by atoms with Gasteiger partial charge >= 0.3 is 0 Å². The first-order chi connectivity index (χ1) is 16.1. The average molecular weight is 438 g/mol. The Kier molecular flexibility index (Phi) is 5.69. The van der Waals surface area contributed by atoms with Crippen molar-refractivity contribution in [2.75, 3.05) is 28.4 Å². The highest BCUT2D eigenvalue weighted by Crippen LogP contribution is 2.57. The third-order valence-corrected chi connectivity index (χ3v) is 5.98. The van der Waals surface area contributed by atoms with E-state index in [0.717, 1.165) is 5.56 Å². The molecule has 164 valence electrons. The van der Waals surface area contributed by atoms with Crippen LogP contribution in [0.2, 0.25) is 0 Å². The number of allylic oxidation sites excluding steroid dienone is 2. The van der Waals surface area contributed by atoms with E-state index in [0.29, 0.717) is 50.8 Å². The summed E-state index contributed by atoms with van der Waals surface area (Å²) in [7, 11) is 6.19. The molecule has 1 unspecified atom stereocenters. The molecule has 0 saturated heterocycles. The molecule has 0 fully saturated rings. The molecule has 1 atom stereocenters. The molecule has 0 heterocycles. The number of hydrogen-bond acceptors (Lipinski definition) is 6. The van der Waals surface area contributed by atoms with E-state index in [9.17, 15) is 10.5 Å². The second-order valence-electron chi connectivity index (χ2n) is 7.41. The van der Waals surface area contributed by atoms with Gasteiger partial charge in [-0.2, -0.15) is 10.5 Å². The summed E-state index contributed by atoms with van der Waals surface area (Å²) in [6.45, 7) is 0. The number of rotatable bonds is 6. The minimum Gasteiger partial charge on any atom is -0.493 e. The Morgan fingerprint density at radius 3 is 1.88 bits per heavy atom. The van der Waals surface area contributed by atoms with Gasteiger partial charge in [-0.15, -0.1) is 0 Å². The van der Waals surface area contributed by atoms with Gasteiger partial charge in [0.2, 0.25) is 0 Å². The van der Waals surface area contributed by atoms with E-state index in [-0.39, 0.29) is 0 Å². The largest absolute Gasteiger partial charge is 0.493 e. The molecule has 3 aromatic rings. The fraction of sp³-hybridized carbons (Fsp3) is 0.185. The Balaban J connectivity index is 2.16. The molecule has 0 aromatic heterocycles. The molecule has 33 heavy (non-hydrogen) atoms. The highest BCUT2D eigenvalue weighted by atomic mass is 16.5. The topological polar surface area (TPSA) is 84.5 Å². The minimum absolute atomic E-state index is 0.411. The first-order valence-corrected chi connectivity index (χ1v) is 10.2. The third kappa shape index (κ3) is 3.16.